The van der Waals surface area contributed by atoms with Crippen LogP contribution in [0.1, 0.15) is 31.2 Å². The van der Waals surface area contributed by atoms with Crippen LogP contribution < -0.4 is 0 Å². The summed E-state index contributed by atoms with van der Waals surface area (Å²) in [6.45, 7) is 0.709. The van der Waals surface area contributed by atoms with Crippen molar-refractivity contribution in [3.05, 3.63) is 35.6 Å². The van der Waals surface area contributed by atoms with Crippen LogP contribution in [0.25, 0.3) is 0 Å². The van der Waals surface area contributed by atoms with Gasteiger partial charge in [-0.3, -0.25) is 4.90 Å². The van der Waals surface area contributed by atoms with Gasteiger partial charge in [0.1, 0.15) is 5.82 Å². The van der Waals surface area contributed by atoms with Crippen LogP contribution in [-0.2, 0) is 6.54 Å². The lowest BCUT2D eigenvalue weighted by atomic mass is 9.84. The van der Waals surface area contributed by atoms with Gasteiger partial charge in [0.25, 0.3) is 0 Å². The Bertz CT molecular complexity index is 438. The Morgan fingerprint density at radius 3 is 2.89 bits per heavy atom. The molecular formula is C15H19FN2. The SMILES string of the molecule is CN(Cc1cccc(F)c1)C1CCCCC1C#N. The molecule has 0 aliphatic heterocycles. The molecule has 2 atom stereocenters. The molecule has 18 heavy (non-hydrogen) atoms. The molecule has 1 aromatic carbocycles. The van der Waals surface area contributed by atoms with E-state index in [0.29, 0.717) is 12.6 Å². The lowest BCUT2D eigenvalue weighted by Gasteiger charge is -2.34. The van der Waals surface area contributed by atoms with Crippen molar-refractivity contribution in [1.29, 1.82) is 5.26 Å². The van der Waals surface area contributed by atoms with Crippen LogP contribution in [0.4, 0.5) is 4.39 Å². The van der Waals surface area contributed by atoms with Crippen LogP contribution in [0, 0.1) is 23.1 Å². The highest BCUT2D eigenvalue weighted by Gasteiger charge is 2.28. The highest BCUT2D eigenvalue weighted by Crippen LogP contribution is 2.28. The van der Waals surface area contributed by atoms with E-state index in [1.54, 1.807) is 12.1 Å². The summed E-state index contributed by atoms with van der Waals surface area (Å²) in [5.74, 6) is -0.0707. The Hall–Kier alpha value is -1.40. The maximum Gasteiger partial charge on any atom is 0.123 e. The fourth-order valence-corrected chi connectivity index (χ4v) is 2.83. The smallest absolute Gasteiger partial charge is 0.123 e. The Kier molecular flexibility index (Phi) is 4.33. The maximum atomic E-state index is 13.1. The molecule has 3 heteroatoms. The van der Waals surface area contributed by atoms with Gasteiger partial charge in [0.15, 0.2) is 0 Å². The lowest BCUT2D eigenvalue weighted by molar-refractivity contribution is 0.150. The van der Waals surface area contributed by atoms with Crippen LogP contribution >= 0.6 is 0 Å². The van der Waals surface area contributed by atoms with Crippen molar-refractivity contribution >= 4 is 0 Å². The first-order chi connectivity index (χ1) is 8.70. The molecule has 1 aliphatic rings. The van der Waals surface area contributed by atoms with Gasteiger partial charge in [-0.15, -0.1) is 0 Å². The standard InChI is InChI=1S/C15H19FN2/c1-18(11-12-5-4-7-14(16)9-12)15-8-3-2-6-13(15)10-17/h4-5,7,9,13,15H,2-3,6,8,11H2,1H3. The van der Waals surface area contributed by atoms with Crippen LogP contribution in [0.15, 0.2) is 24.3 Å². The second kappa shape index (κ2) is 5.97. The lowest BCUT2D eigenvalue weighted by Crippen LogP contribution is -2.39. The first-order valence-corrected chi connectivity index (χ1v) is 6.55. The van der Waals surface area contributed by atoms with E-state index in [0.717, 1.165) is 24.8 Å². The number of hydrogen-bond donors (Lipinski definition) is 0. The van der Waals surface area contributed by atoms with E-state index in [4.69, 9.17) is 0 Å². The zero-order chi connectivity index (χ0) is 13.0. The average molecular weight is 246 g/mol. The molecule has 1 aliphatic carbocycles. The summed E-state index contributed by atoms with van der Waals surface area (Å²) in [4.78, 5) is 2.20. The summed E-state index contributed by atoms with van der Waals surface area (Å²) >= 11 is 0. The number of nitrogens with zero attached hydrogens (tertiary/aromatic N) is 2. The molecule has 1 fully saturated rings. The predicted octanol–water partition coefficient (Wildman–Crippen LogP) is 3.34. The van der Waals surface area contributed by atoms with E-state index in [1.807, 2.05) is 13.1 Å². The van der Waals surface area contributed by atoms with Gasteiger partial charge in [-0.25, -0.2) is 4.39 Å². The van der Waals surface area contributed by atoms with Crippen LogP contribution in [0.2, 0.25) is 0 Å². The normalized spacial score (nSPS) is 23.9. The highest BCUT2D eigenvalue weighted by molar-refractivity contribution is 5.16. The van der Waals surface area contributed by atoms with Crippen LogP contribution in [0.5, 0.6) is 0 Å². The summed E-state index contributed by atoms with van der Waals surface area (Å²) in [6, 6.07) is 9.43. The van der Waals surface area contributed by atoms with Crippen molar-refractivity contribution < 1.29 is 4.39 Å². The number of halogens is 1. The molecule has 96 valence electrons. The number of nitriles is 1. The van der Waals surface area contributed by atoms with Gasteiger partial charge in [-0.2, -0.15) is 5.26 Å². The minimum Gasteiger partial charge on any atom is -0.298 e. The second-order valence-electron chi connectivity index (χ2n) is 5.13. The monoisotopic (exact) mass is 246 g/mol. The van der Waals surface area contributed by atoms with Gasteiger partial charge in [-0.1, -0.05) is 25.0 Å². The Morgan fingerprint density at radius 1 is 1.39 bits per heavy atom. The van der Waals surface area contributed by atoms with Crippen molar-refractivity contribution in [2.75, 3.05) is 7.05 Å². The number of rotatable bonds is 3. The molecule has 0 spiro atoms. The molecule has 0 aromatic heterocycles. The van der Waals surface area contributed by atoms with Gasteiger partial charge < -0.3 is 0 Å². The van der Waals surface area contributed by atoms with Gasteiger partial charge in [-0.05, 0) is 37.6 Å². The predicted molar refractivity (Wildman–Crippen MR) is 69.2 cm³/mol. The van der Waals surface area contributed by atoms with Gasteiger partial charge in [0.05, 0.1) is 12.0 Å². The fourth-order valence-electron chi connectivity index (χ4n) is 2.83. The molecule has 0 saturated heterocycles. The molecule has 1 aromatic rings. The van der Waals surface area contributed by atoms with E-state index < -0.39 is 0 Å². The van der Waals surface area contributed by atoms with E-state index in [9.17, 15) is 9.65 Å². The summed E-state index contributed by atoms with van der Waals surface area (Å²) in [7, 11) is 2.03. The van der Waals surface area contributed by atoms with E-state index in [1.165, 1.54) is 12.5 Å². The van der Waals surface area contributed by atoms with E-state index in [-0.39, 0.29) is 11.7 Å². The Labute approximate surface area is 108 Å². The minimum absolute atomic E-state index is 0.123. The average Bonchev–Trinajstić information content (AvgIpc) is 2.38. The number of hydrogen-bond acceptors (Lipinski definition) is 2. The van der Waals surface area contributed by atoms with Crippen molar-refractivity contribution in [2.45, 2.75) is 38.3 Å². The Morgan fingerprint density at radius 2 is 2.17 bits per heavy atom. The molecule has 2 nitrogen and oxygen atoms in total. The molecule has 0 heterocycles. The molecule has 1 saturated carbocycles. The van der Waals surface area contributed by atoms with Gasteiger partial charge >= 0.3 is 0 Å². The van der Waals surface area contributed by atoms with Crippen molar-refractivity contribution in [3.8, 4) is 6.07 Å². The fraction of sp³-hybridized carbons (Fsp3) is 0.533. The van der Waals surface area contributed by atoms with Crippen LogP contribution in [-0.4, -0.2) is 18.0 Å². The molecule has 0 radical (unpaired) electrons. The third-order valence-corrected chi connectivity index (χ3v) is 3.78. The summed E-state index contributed by atoms with van der Waals surface area (Å²) < 4.78 is 13.1. The molecule has 2 rings (SSSR count). The summed E-state index contributed by atoms with van der Waals surface area (Å²) in [5.41, 5.74) is 0.972. The zero-order valence-electron chi connectivity index (χ0n) is 10.8. The first-order valence-electron chi connectivity index (χ1n) is 6.55. The largest absolute Gasteiger partial charge is 0.298 e. The highest BCUT2D eigenvalue weighted by atomic mass is 19.1. The van der Waals surface area contributed by atoms with Crippen molar-refractivity contribution in [2.24, 2.45) is 5.92 Å². The van der Waals surface area contributed by atoms with E-state index in [2.05, 4.69) is 11.0 Å². The number of benzene rings is 1. The molecule has 0 amide bonds. The van der Waals surface area contributed by atoms with Crippen LogP contribution in [0.3, 0.4) is 0 Å². The first kappa shape index (κ1) is 13.0. The third-order valence-electron chi connectivity index (χ3n) is 3.78. The summed E-state index contributed by atoms with van der Waals surface area (Å²) in [6.07, 6.45) is 4.41. The Balaban J connectivity index is 2.02. The third kappa shape index (κ3) is 3.08. The molecule has 0 bridgehead atoms. The molecular weight excluding hydrogens is 227 g/mol. The molecule has 2 unspecified atom stereocenters. The summed E-state index contributed by atoms with van der Waals surface area (Å²) in [5, 5.41) is 9.18. The van der Waals surface area contributed by atoms with E-state index >= 15 is 0 Å². The topological polar surface area (TPSA) is 27.0 Å². The minimum atomic E-state index is -0.193. The van der Waals surface area contributed by atoms with Crippen molar-refractivity contribution in [1.82, 2.24) is 4.90 Å². The van der Waals surface area contributed by atoms with Gasteiger partial charge in [0.2, 0.25) is 0 Å². The maximum absolute atomic E-state index is 13.1. The molecule has 0 N–H and O–H groups in total. The van der Waals surface area contributed by atoms with Gasteiger partial charge in [0, 0.05) is 12.6 Å². The quantitative estimate of drug-likeness (QED) is 0.818. The second-order valence-corrected chi connectivity index (χ2v) is 5.13. The zero-order valence-corrected chi connectivity index (χ0v) is 10.8. The van der Waals surface area contributed by atoms with Crippen molar-refractivity contribution in [3.63, 3.8) is 0 Å².